The third-order valence-corrected chi connectivity index (χ3v) is 3.77. The van der Waals surface area contributed by atoms with Gasteiger partial charge in [-0.05, 0) is 25.0 Å². The van der Waals surface area contributed by atoms with Gasteiger partial charge in [-0.2, -0.15) is 18.2 Å². The molecule has 8 heteroatoms. The van der Waals surface area contributed by atoms with E-state index in [2.05, 4.69) is 20.0 Å². The van der Waals surface area contributed by atoms with Crippen LogP contribution in [-0.4, -0.2) is 16.2 Å². The summed E-state index contributed by atoms with van der Waals surface area (Å²) in [5, 5.41) is 6.69. The lowest BCUT2D eigenvalue weighted by molar-refractivity contribution is -0.159. The van der Waals surface area contributed by atoms with E-state index in [0.29, 0.717) is 10.9 Å². The highest BCUT2D eigenvalue weighted by Gasteiger charge is 2.38. The molecule has 4 nitrogen and oxygen atoms in total. The lowest BCUT2D eigenvalue weighted by atomic mass is 10.4. The van der Waals surface area contributed by atoms with Gasteiger partial charge in [-0.15, -0.1) is 11.3 Å². The molecule has 0 bridgehead atoms. The Hall–Kier alpha value is -1.41. The maximum atomic E-state index is 12.3. The summed E-state index contributed by atoms with van der Waals surface area (Å²) in [5.41, 5.74) is 0. The smallest absolute Gasteiger partial charge is 0.329 e. The Labute approximate surface area is 110 Å². The molecule has 2 aromatic heterocycles. The van der Waals surface area contributed by atoms with Gasteiger partial charge in [-0.25, -0.2) is 0 Å². The van der Waals surface area contributed by atoms with Gasteiger partial charge in [0.25, 0.3) is 0 Å². The van der Waals surface area contributed by atoms with Gasteiger partial charge in [0.2, 0.25) is 5.82 Å². The number of thiophene rings is 1. The van der Waals surface area contributed by atoms with Gasteiger partial charge >= 0.3 is 12.1 Å². The molecule has 2 aromatic rings. The molecule has 102 valence electrons. The van der Waals surface area contributed by atoms with E-state index >= 15 is 0 Å². The van der Waals surface area contributed by atoms with Crippen molar-refractivity contribution < 1.29 is 17.7 Å². The standard InChI is InChI=1S/C11H10F3N3OS/c12-11(13,14)10-16-9(17-18-10)8-4-3-7(19-8)5-15-6-1-2-6/h3-4,6,15H,1-2,5H2. The van der Waals surface area contributed by atoms with Gasteiger partial charge in [-0.3, -0.25) is 0 Å². The molecule has 0 aromatic carbocycles. The van der Waals surface area contributed by atoms with Crippen molar-refractivity contribution in [3.63, 3.8) is 0 Å². The second kappa shape index (κ2) is 4.61. The van der Waals surface area contributed by atoms with Crippen molar-refractivity contribution >= 4 is 11.3 Å². The molecule has 1 saturated carbocycles. The lowest BCUT2D eigenvalue weighted by Gasteiger charge is -1.97. The van der Waals surface area contributed by atoms with Gasteiger partial charge in [0, 0.05) is 17.5 Å². The number of halogens is 3. The quantitative estimate of drug-likeness (QED) is 0.939. The molecule has 0 spiro atoms. The van der Waals surface area contributed by atoms with E-state index in [1.54, 1.807) is 6.07 Å². The number of aromatic nitrogens is 2. The fourth-order valence-electron chi connectivity index (χ4n) is 1.56. The fraction of sp³-hybridized carbons (Fsp3) is 0.455. The molecule has 19 heavy (non-hydrogen) atoms. The minimum absolute atomic E-state index is 0.0185. The van der Waals surface area contributed by atoms with E-state index in [1.165, 1.54) is 24.2 Å². The van der Waals surface area contributed by atoms with Crippen molar-refractivity contribution in [2.75, 3.05) is 0 Å². The van der Waals surface area contributed by atoms with Crippen LogP contribution in [0.1, 0.15) is 23.6 Å². The summed E-state index contributed by atoms with van der Waals surface area (Å²) >= 11 is 1.36. The van der Waals surface area contributed by atoms with E-state index in [1.807, 2.05) is 6.07 Å². The van der Waals surface area contributed by atoms with Gasteiger partial charge < -0.3 is 9.84 Å². The number of hydrogen-bond donors (Lipinski definition) is 1. The number of alkyl halides is 3. The molecular weight excluding hydrogens is 279 g/mol. The second-order valence-electron chi connectivity index (χ2n) is 4.34. The van der Waals surface area contributed by atoms with Gasteiger partial charge in [0.15, 0.2) is 0 Å². The molecule has 1 N–H and O–H groups in total. The maximum absolute atomic E-state index is 12.3. The zero-order chi connectivity index (χ0) is 13.5. The Morgan fingerprint density at radius 2 is 2.16 bits per heavy atom. The summed E-state index contributed by atoms with van der Waals surface area (Å²) < 4.78 is 41.2. The van der Waals surface area contributed by atoms with Gasteiger partial charge in [-0.1, -0.05) is 5.16 Å². The van der Waals surface area contributed by atoms with Crippen molar-refractivity contribution in [1.29, 1.82) is 0 Å². The number of rotatable bonds is 4. The van der Waals surface area contributed by atoms with Gasteiger partial charge in [0.1, 0.15) is 0 Å². The maximum Gasteiger partial charge on any atom is 0.471 e. The fourth-order valence-corrected chi connectivity index (χ4v) is 2.45. The van der Waals surface area contributed by atoms with Crippen molar-refractivity contribution in [2.45, 2.75) is 31.6 Å². The van der Waals surface area contributed by atoms with Gasteiger partial charge in [0.05, 0.1) is 4.88 Å². The van der Waals surface area contributed by atoms with Crippen LogP contribution in [0.2, 0.25) is 0 Å². The number of hydrogen-bond acceptors (Lipinski definition) is 5. The summed E-state index contributed by atoms with van der Waals surface area (Å²) in [5.74, 6) is -1.33. The first-order valence-electron chi connectivity index (χ1n) is 5.76. The Bertz CT molecular complexity index is 574. The average Bonchev–Trinajstić information content (AvgIpc) is 2.87. The van der Waals surface area contributed by atoms with Crippen LogP contribution in [0.25, 0.3) is 10.7 Å². The highest BCUT2D eigenvalue weighted by Crippen LogP contribution is 2.31. The van der Waals surface area contributed by atoms with Crippen LogP contribution in [0, 0.1) is 0 Å². The van der Waals surface area contributed by atoms with E-state index in [4.69, 9.17) is 0 Å². The van der Waals surface area contributed by atoms with Crippen LogP contribution in [0.3, 0.4) is 0 Å². The van der Waals surface area contributed by atoms with Crippen LogP contribution in [-0.2, 0) is 12.7 Å². The molecule has 0 atom stereocenters. The van der Waals surface area contributed by atoms with Crippen LogP contribution in [0.4, 0.5) is 13.2 Å². The number of nitrogens with zero attached hydrogens (tertiary/aromatic N) is 2. The molecule has 2 heterocycles. The molecule has 0 saturated heterocycles. The zero-order valence-corrected chi connectivity index (χ0v) is 10.5. The highest BCUT2D eigenvalue weighted by atomic mass is 32.1. The topological polar surface area (TPSA) is 51.0 Å². The summed E-state index contributed by atoms with van der Waals surface area (Å²) in [6, 6.07) is 4.16. The molecule has 0 amide bonds. The first kappa shape index (κ1) is 12.6. The Balaban J connectivity index is 1.72. The van der Waals surface area contributed by atoms with E-state index < -0.39 is 12.1 Å². The molecule has 1 aliphatic carbocycles. The first-order valence-corrected chi connectivity index (χ1v) is 6.57. The summed E-state index contributed by atoms with van der Waals surface area (Å²) in [7, 11) is 0. The normalized spacial score (nSPS) is 15.9. The molecule has 1 aliphatic rings. The number of nitrogens with one attached hydrogen (secondary N) is 1. The average molecular weight is 289 g/mol. The van der Waals surface area contributed by atoms with Crippen LogP contribution in [0.5, 0.6) is 0 Å². The minimum Gasteiger partial charge on any atom is -0.329 e. The summed E-state index contributed by atoms with van der Waals surface area (Å²) in [6.45, 7) is 0.722. The van der Waals surface area contributed by atoms with E-state index in [0.717, 1.165) is 11.4 Å². The Kier molecular flexibility index (Phi) is 3.06. The van der Waals surface area contributed by atoms with Crippen LogP contribution in [0.15, 0.2) is 16.7 Å². The summed E-state index contributed by atoms with van der Waals surface area (Å²) in [4.78, 5) is 4.98. The Morgan fingerprint density at radius 1 is 1.37 bits per heavy atom. The third-order valence-electron chi connectivity index (χ3n) is 2.69. The highest BCUT2D eigenvalue weighted by molar-refractivity contribution is 7.15. The SMILES string of the molecule is FC(F)(F)c1nc(-c2ccc(CNC3CC3)s2)no1. The van der Waals surface area contributed by atoms with Crippen LogP contribution >= 0.6 is 11.3 Å². The largest absolute Gasteiger partial charge is 0.471 e. The zero-order valence-electron chi connectivity index (χ0n) is 9.70. The molecule has 0 radical (unpaired) electrons. The van der Waals surface area contributed by atoms with Crippen molar-refractivity contribution in [2.24, 2.45) is 0 Å². The van der Waals surface area contributed by atoms with Crippen molar-refractivity contribution in [3.05, 3.63) is 22.9 Å². The predicted octanol–water partition coefficient (Wildman–Crippen LogP) is 3.07. The molecule has 0 aliphatic heterocycles. The predicted molar refractivity (Wildman–Crippen MR) is 62.5 cm³/mol. The molecular formula is C11H10F3N3OS. The van der Waals surface area contributed by atoms with Crippen molar-refractivity contribution in [3.8, 4) is 10.7 Å². The summed E-state index contributed by atoms with van der Waals surface area (Å²) in [6.07, 6.45) is -2.21. The van der Waals surface area contributed by atoms with Crippen molar-refractivity contribution in [1.82, 2.24) is 15.5 Å². The third kappa shape index (κ3) is 2.95. The molecule has 3 rings (SSSR count). The molecule has 0 unspecified atom stereocenters. The Morgan fingerprint density at radius 3 is 2.79 bits per heavy atom. The van der Waals surface area contributed by atoms with E-state index in [-0.39, 0.29) is 5.82 Å². The van der Waals surface area contributed by atoms with E-state index in [9.17, 15) is 13.2 Å². The monoisotopic (exact) mass is 289 g/mol. The van der Waals surface area contributed by atoms with Crippen LogP contribution < -0.4 is 5.32 Å². The first-order chi connectivity index (χ1) is 9.02. The minimum atomic E-state index is -4.60. The lowest BCUT2D eigenvalue weighted by Crippen LogP contribution is -2.14. The molecule has 1 fully saturated rings. The second-order valence-corrected chi connectivity index (χ2v) is 5.51.